The molecule has 1 aliphatic carbocycles. The quantitative estimate of drug-likeness (QED) is 0.794. The maximum absolute atomic E-state index is 12.0. The van der Waals surface area contributed by atoms with Crippen molar-refractivity contribution in [3.63, 3.8) is 0 Å². The molecule has 134 valence electrons. The molecule has 0 saturated carbocycles. The molecule has 2 aromatic rings. The number of carbonyl (C=O) groups is 1. The van der Waals surface area contributed by atoms with Gasteiger partial charge in [-0.3, -0.25) is 4.90 Å². The smallest absolute Gasteiger partial charge is 0.337 e. The zero-order valence-corrected chi connectivity index (χ0v) is 15.9. The third kappa shape index (κ3) is 3.78. The number of hydrogen-bond acceptors (Lipinski definition) is 4. The fourth-order valence-corrected chi connectivity index (χ4v) is 4.84. The minimum Gasteiger partial charge on any atom is -0.478 e. The van der Waals surface area contributed by atoms with E-state index < -0.39 is 5.97 Å². The fraction of sp³-hybridized carbons (Fsp3) is 0.450. The number of thiophene rings is 1. The van der Waals surface area contributed by atoms with Gasteiger partial charge in [0.2, 0.25) is 0 Å². The molecule has 0 atom stereocenters. The first kappa shape index (κ1) is 18.1. The Balaban J connectivity index is 2.05. The van der Waals surface area contributed by atoms with Crippen molar-refractivity contribution < 1.29 is 9.90 Å². The highest BCUT2D eigenvalue weighted by molar-refractivity contribution is 7.16. The minimum absolute atomic E-state index is 0.168. The van der Waals surface area contributed by atoms with Crippen LogP contribution in [-0.4, -0.2) is 29.7 Å². The first-order valence-electron chi connectivity index (χ1n) is 8.66. The highest BCUT2D eigenvalue weighted by atomic mass is 32.1. The van der Waals surface area contributed by atoms with Crippen LogP contribution in [0.2, 0.25) is 0 Å². The van der Waals surface area contributed by atoms with Gasteiger partial charge < -0.3 is 10.8 Å². The summed E-state index contributed by atoms with van der Waals surface area (Å²) in [4.78, 5) is 16.2. The highest BCUT2D eigenvalue weighted by Gasteiger charge is 2.32. The van der Waals surface area contributed by atoms with Gasteiger partial charge in [0, 0.05) is 23.0 Å². The van der Waals surface area contributed by atoms with E-state index in [9.17, 15) is 9.90 Å². The summed E-state index contributed by atoms with van der Waals surface area (Å²) < 4.78 is 0. The van der Waals surface area contributed by atoms with Crippen LogP contribution in [0.3, 0.4) is 0 Å². The second kappa shape index (κ2) is 6.90. The van der Waals surface area contributed by atoms with Gasteiger partial charge in [-0.25, -0.2) is 4.79 Å². The standard InChI is InChI=1S/C20H26N2O2S/c1-20(2)8-7-16-15(10-20)17(19(23)24)18(25-16)14-6-4-5-13(9-14)11-22(3)12-21/h4-6,9H,7-8,10-12,21H2,1-3H3,(H,23,24). The normalized spacial score (nSPS) is 16.0. The summed E-state index contributed by atoms with van der Waals surface area (Å²) in [5, 5.41) is 9.88. The SMILES string of the molecule is CN(CN)Cc1cccc(-c2sc3c(c2C(=O)O)CC(C)(C)CC3)c1. The van der Waals surface area contributed by atoms with Gasteiger partial charge in [-0.05, 0) is 54.5 Å². The van der Waals surface area contributed by atoms with Gasteiger partial charge in [0.25, 0.3) is 0 Å². The maximum atomic E-state index is 12.0. The van der Waals surface area contributed by atoms with Crippen molar-refractivity contribution in [3.8, 4) is 10.4 Å². The molecule has 1 aromatic heterocycles. The van der Waals surface area contributed by atoms with Crippen molar-refractivity contribution >= 4 is 17.3 Å². The molecule has 0 amide bonds. The van der Waals surface area contributed by atoms with Gasteiger partial charge in [0.05, 0.1) is 5.56 Å². The van der Waals surface area contributed by atoms with E-state index in [0.29, 0.717) is 12.2 Å². The number of carboxylic acid groups (broad SMARTS) is 1. The lowest BCUT2D eigenvalue weighted by Gasteiger charge is -2.29. The molecule has 0 saturated heterocycles. The van der Waals surface area contributed by atoms with Gasteiger partial charge in [-0.1, -0.05) is 32.0 Å². The van der Waals surface area contributed by atoms with Crippen molar-refractivity contribution in [2.24, 2.45) is 11.1 Å². The van der Waals surface area contributed by atoms with E-state index in [1.807, 2.05) is 24.1 Å². The Hall–Kier alpha value is -1.69. The molecular formula is C20H26N2O2S. The second-order valence-electron chi connectivity index (χ2n) is 7.75. The monoisotopic (exact) mass is 358 g/mol. The Morgan fingerprint density at radius 3 is 2.84 bits per heavy atom. The van der Waals surface area contributed by atoms with Crippen LogP contribution in [0.15, 0.2) is 24.3 Å². The summed E-state index contributed by atoms with van der Waals surface area (Å²) in [6.45, 7) is 5.70. The molecule has 1 aliphatic rings. The molecule has 25 heavy (non-hydrogen) atoms. The first-order valence-corrected chi connectivity index (χ1v) is 9.48. The molecule has 5 heteroatoms. The number of nitrogens with two attached hydrogens (primary N) is 1. The lowest BCUT2D eigenvalue weighted by Crippen LogP contribution is -2.24. The molecule has 0 fully saturated rings. The summed E-state index contributed by atoms with van der Waals surface area (Å²) in [5.74, 6) is -0.810. The summed E-state index contributed by atoms with van der Waals surface area (Å²) in [6, 6.07) is 8.18. The molecule has 4 nitrogen and oxygen atoms in total. The molecule has 3 N–H and O–H groups in total. The maximum Gasteiger partial charge on any atom is 0.337 e. The van der Waals surface area contributed by atoms with Gasteiger partial charge in [0.1, 0.15) is 0 Å². The Morgan fingerprint density at radius 2 is 2.16 bits per heavy atom. The van der Waals surface area contributed by atoms with Gasteiger partial charge in [-0.2, -0.15) is 0 Å². The Bertz CT molecular complexity index is 795. The Labute approximate surface area is 153 Å². The minimum atomic E-state index is -0.810. The van der Waals surface area contributed by atoms with E-state index in [1.165, 1.54) is 4.88 Å². The van der Waals surface area contributed by atoms with Crippen LogP contribution in [0.1, 0.15) is 46.6 Å². The Kier molecular flexibility index (Phi) is 5.00. The second-order valence-corrected chi connectivity index (χ2v) is 8.86. The van der Waals surface area contributed by atoms with E-state index in [4.69, 9.17) is 5.73 Å². The summed E-state index contributed by atoms with van der Waals surface area (Å²) in [6.07, 6.45) is 2.93. The predicted molar refractivity (Wildman–Crippen MR) is 103 cm³/mol. The lowest BCUT2D eigenvalue weighted by atomic mass is 9.76. The molecule has 0 radical (unpaired) electrons. The molecule has 0 aliphatic heterocycles. The summed E-state index contributed by atoms with van der Waals surface area (Å²) in [5.41, 5.74) is 9.55. The van der Waals surface area contributed by atoms with Crippen molar-refractivity contribution in [1.82, 2.24) is 4.90 Å². The topological polar surface area (TPSA) is 66.6 Å². The zero-order chi connectivity index (χ0) is 18.2. The number of carboxylic acids is 1. The van der Waals surface area contributed by atoms with Crippen LogP contribution in [0.25, 0.3) is 10.4 Å². The van der Waals surface area contributed by atoms with Crippen molar-refractivity contribution in [2.75, 3.05) is 13.7 Å². The van der Waals surface area contributed by atoms with Gasteiger partial charge >= 0.3 is 5.97 Å². The molecule has 1 heterocycles. The predicted octanol–water partition coefficient (Wildman–Crippen LogP) is 3.98. The van der Waals surface area contributed by atoms with E-state index in [2.05, 4.69) is 26.0 Å². The first-order chi connectivity index (χ1) is 11.8. The summed E-state index contributed by atoms with van der Waals surface area (Å²) >= 11 is 1.66. The highest BCUT2D eigenvalue weighted by Crippen LogP contribution is 2.45. The molecular weight excluding hydrogens is 332 g/mol. The molecule has 3 rings (SSSR count). The van der Waals surface area contributed by atoms with Crippen LogP contribution >= 0.6 is 11.3 Å². The number of aromatic carboxylic acids is 1. The average molecular weight is 359 g/mol. The van der Waals surface area contributed by atoms with Crippen molar-refractivity contribution in [2.45, 2.75) is 39.7 Å². The number of nitrogens with zero attached hydrogens (tertiary/aromatic N) is 1. The summed E-state index contributed by atoms with van der Waals surface area (Å²) in [7, 11) is 1.97. The Morgan fingerprint density at radius 1 is 1.40 bits per heavy atom. The number of benzene rings is 1. The molecule has 0 bridgehead atoms. The molecule has 0 unspecified atom stereocenters. The van der Waals surface area contributed by atoms with Crippen molar-refractivity contribution in [1.29, 1.82) is 0 Å². The number of hydrogen-bond donors (Lipinski definition) is 2. The van der Waals surface area contributed by atoms with Crippen molar-refractivity contribution in [3.05, 3.63) is 45.8 Å². The van der Waals surface area contributed by atoms with Crippen LogP contribution in [0, 0.1) is 5.41 Å². The fourth-order valence-electron chi connectivity index (χ4n) is 3.54. The zero-order valence-electron chi connectivity index (χ0n) is 15.1. The number of rotatable bonds is 5. The molecule has 0 spiro atoms. The molecule has 1 aromatic carbocycles. The van der Waals surface area contributed by atoms with Crippen LogP contribution < -0.4 is 5.73 Å². The largest absolute Gasteiger partial charge is 0.478 e. The lowest BCUT2D eigenvalue weighted by molar-refractivity contribution is 0.0696. The third-order valence-electron chi connectivity index (χ3n) is 4.94. The van der Waals surface area contributed by atoms with Gasteiger partial charge in [-0.15, -0.1) is 11.3 Å². The average Bonchev–Trinajstić information content (AvgIpc) is 2.92. The third-order valence-corrected chi connectivity index (χ3v) is 6.28. The van der Waals surface area contributed by atoms with Gasteiger partial charge in [0.15, 0.2) is 0 Å². The van der Waals surface area contributed by atoms with E-state index in [1.54, 1.807) is 11.3 Å². The number of aryl methyl sites for hydroxylation is 1. The van der Waals surface area contributed by atoms with E-state index >= 15 is 0 Å². The number of fused-ring (bicyclic) bond motifs is 1. The van der Waals surface area contributed by atoms with E-state index in [-0.39, 0.29) is 5.41 Å². The van der Waals surface area contributed by atoms with Crippen LogP contribution in [-0.2, 0) is 19.4 Å². The van der Waals surface area contributed by atoms with E-state index in [0.717, 1.165) is 47.4 Å². The van der Waals surface area contributed by atoms with Crippen LogP contribution in [0.5, 0.6) is 0 Å². The van der Waals surface area contributed by atoms with Crippen LogP contribution in [0.4, 0.5) is 0 Å².